The van der Waals surface area contributed by atoms with E-state index in [2.05, 4.69) is 10.7 Å². The lowest BCUT2D eigenvalue weighted by Crippen LogP contribution is -2.54. The largest absolute Gasteiger partial charge is 0.368 e. The van der Waals surface area contributed by atoms with Crippen LogP contribution in [0, 0.1) is 0 Å². The normalized spacial score (nSPS) is 19.1. The Bertz CT molecular complexity index is 585. The van der Waals surface area contributed by atoms with Crippen molar-refractivity contribution in [3.05, 3.63) is 35.9 Å². The molecule has 0 bridgehead atoms. The number of hydrogen-bond acceptors (Lipinski definition) is 7. The average Bonchev–Trinajstić information content (AvgIpc) is 2.71. The van der Waals surface area contributed by atoms with E-state index in [-0.39, 0.29) is 11.3 Å². The quantitative estimate of drug-likeness (QED) is 0.257. The Kier molecular flexibility index (Phi) is 10.00. The first-order valence-electron chi connectivity index (χ1n) is 9.01. The van der Waals surface area contributed by atoms with E-state index in [0.29, 0.717) is 11.5 Å². The minimum atomic E-state index is -0.733. The molecule has 1 fully saturated rings. The molecular weight excluding hydrogens is 384 g/mol. The maximum Gasteiger partial charge on any atom is 0.257 e. The van der Waals surface area contributed by atoms with Crippen molar-refractivity contribution in [2.75, 3.05) is 18.1 Å². The van der Waals surface area contributed by atoms with Gasteiger partial charge in [0.1, 0.15) is 11.5 Å². The third-order valence-electron chi connectivity index (χ3n) is 4.11. The van der Waals surface area contributed by atoms with E-state index in [0.717, 1.165) is 31.6 Å². The standard InChI is InChI=1S/C18H28N4O3S2/c19-14(11-26-10-13-6-2-1-3-7-13)17(23)21-15(18(24)22-20)12-27-16-8-4-5-9-25-16/h1-3,6-7,14-16H,4-5,8-12,19-20H2,(H,21,23)(H,22,24)/t14-,15-,16?/m0/s1. The third kappa shape index (κ3) is 8.10. The van der Waals surface area contributed by atoms with Gasteiger partial charge >= 0.3 is 0 Å². The average molecular weight is 413 g/mol. The molecule has 0 spiro atoms. The first-order chi connectivity index (χ1) is 13.1. The number of carbonyl (C=O) groups is 2. The monoisotopic (exact) mass is 412 g/mol. The van der Waals surface area contributed by atoms with Crippen molar-refractivity contribution in [3.63, 3.8) is 0 Å². The van der Waals surface area contributed by atoms with E-state index in [1.165, 1.54) is 17.3 Å². The molecule has 150 valence electrons. The summed E-state index contributed by atoms with van der Waals surface area (Å²) in [6.07, 6.45) is 3.13. The van der Waals surface area contributed by atoms with Gasteiger partial charge in [-0.2, -0.15) is 11.8 Å². The zero-order chi connectivity index (χ0) is 19.5. The van der Waals surface area contributed by atoms with Crippen molar-refractivity contribution in [1.29, 1.82) is 0 Å². The van der Waals surface area contributed by atoms with Gasteiger partial charge in [0, 0.05) is 23.9 Å². The molecule has 9 heteroatoms. The lowest BCUT2D eigenvalue weighted by molar-refractivity contribution is -0.128. The van der Waals surface area contributed by atoms with Crippen molar-refractivity contribution in [2.24, 2.45) is 11.6 Å². The van der Waals surface area contributed by atoms with Gasteiger partial charge in [-0.15, -0.1) is 11.8 Å². The van der Waals surface area contributed by atoms with Gasteiger partial charge in [0.15, 0.2) is 0 Å². The molecule has 7 nitrogen and oxygen atoms in total. The van der Waals surface area contributed by atoms with Gasteiger partial charge in [-0.05, 0) is 24.8 Å². The predicted molar refractivity (Wildman–Crippen MR) is 111 cm³/mol. The fourth-order valence-corrected chi connectivity index (χ4v) is 4.68. The second-order valence-electron chi connectivity index (χ2n) is 6.31. The zero-order valence-corrected chi connectivity index (χ0v) is 16.9. The van der Waals surface area contributed by atoms with Crippen LogP contribution in [0.25, 0.3) is 0 Å². The van der Waals surface area contributed by atoms with E-state index in [1.54, 1.807) is 11.8 Å². The molecule has 1 saturated heterocycles. The second-order valence-corrected chi connectivity index (χ2v) is 8.53. The van der Waals surface area contributed by atoms with Gasteiger partial charge in [0.25, 0.3) is 5.91 Å². The molecule has 3 atom stereocenters. The van der Waals surface area contributed by atoms with Crippen molar-refractivity contribution in [2.45, 2.75) is 42.5 Å². The topological polar surface area (TPSA) is 119 Å². The van der Waals surface area contributed by atoms with Crippen LogP contribution in [-0.2, 0) is 20.1 Å². The van der Waals surface area contributed by atoms with E-state index in [9.17, 15) is 9.59 Å². The van der Waals surface area contributed by atoms with Crippen LogP contribution in [0.2, 0.25) is 0 Å². The molecule has 1 unspecified atom stereocenters. The van der Waals surface area contributed by atoms with Crippen molar-refractivity contribution in [3.8, 4) is 0 Å². The molecule has 0 saturated carbocycles. The van der Waals surface area contributed by atoms with Crippen LogP contribution in [0.15, 0.2) is 30.3 Å². The van der Waals surface area contributed by atoms with Gasteiger partial charge in [-0.3, -0.25) is 15.0 Å². The summed E-state index contributed by atoms with van der Waals surface area (Å²) in [5.41, 5.74) is 9.33. The highest BCUT2D eigenvalue weighted by molar-refractivity contribution is 7.99. The minimum Gasteiger partial charge on any atom is -0.368 e. The summed E-state index contributed by atoms with van der Waals surface area (Å²) in [4.78, 5) is 24.3. The Morgan fingerprint density at radius 2 is 1.96 bits per heavy atom. The van der Waals surface area contributed by atoms with Crippen LogP contribution < -0.4 is 22.3 Å². The molecule has 1 aromatic rings. The summed E-state index contributed by atoms with van der Waals surface area (Å²) >= 11 is 3.10. The van der Waals surface area contributed by atoms with Gasteiger partial charge < -0.3 is 15.8 Å². The highest BCUT2D eigenvalue weighted by Gasteiger charge is 2.25. The number of nitrogens with one attached hydrogen (secondary N) is 2. The fourth-order valence-electron chi connectivity index (χ4n) is 2.56. The number of thioether (sulfide) groups is 2. The summed E-state index contributed by atoms with van der Waals surface area (Å²) in [6.45, 7) is 0.737. The van der Waals surface area contributed by atoms with Crippen LogP contribution in [0.1, 0.15) is 24.8 Å². The lowest BCUT2D eigenvalue weighted by Gasteiger charge is -2.25. The molecule has 1 aliphatic rings. The molecule has 2 amide bonds. The molecule has 2 rings (SSSR count). The maximum atomic E-state index is 12.4. The molecule has 1 heterocycles. The number of hydrogen-bond donors (Lipinski definition) is 4. The summed E-state index contributed by atoms with van der Waals surface area (Å²) in [7, 11) is 0. The van der Waals surface area contributed by atoms with Crippen molar-refractivity contribution >= 4 is 35.3 Å². The molecule has 0 aromatic heterocycles. The first kappa shape index (κ1) is 22.0. The Hall–Kier alpha value is -1.26. The summed E-state index contributed by atoms with van der Waals surface area (Å²) in [5, 5.41) is 2.71. The molecule has 0 radical (unpaired) electrons. The smallest absolute Gasteiger partial charge is 0.257 e. The molecule has 6 N–H and O–H groups in total. The van der Waals surface area contributed by atoms with E-state index in [4.69, 9.17) is 16.3 Å². The summed E-state index contributed by atoms with van der Waals surface area (Å²) in [6, 6.07) is 8.56. The Morgan fingerprint density at radius 3 is 2.63 bits per heavy atom. The number of nitrogens with two attached hydrogens (primary N) is 2. The Labute approximate surface area is 168 Å². The predicted octanol–water partition coefficient (Wildman–Crippen LogP) is 0.982. The van der Waals surface area contributed by atoms with Crippen LogP contribution in [-0.4, -0.2) is 47.4 Å². The van der Waals surface area contributed by atoms with Gasteiger partial charge in [0.05, 0.1) is 6.04 Å². The fraction of sp³-hybridized carbons (Fsp3) is 0.556. The van der Waals surface area contributed by atoms with Crippen LogP contribution >= 0.6 is 23.5 Å². The molecule has 1 aliphatic heterocycles. The summed E-state index contributed by atoms with van der Waals surface area (Å²) in [5.74, 6) is 6.11. The minimum absolute atomic E-state index is 0.0545. The van der Waals surface area contributed by atoms with Gasteiger partial charge in [-0.25, -0.2) is 5.84 Å². The third-order valence-corrected chi connectivity index (χ3v) is 6.51. The first-order valence-corrected chi connectivity index (χ1v) is 11.2. The second kappa shape index (κ2) is 12.2. The lowest BCUT2D eigenvalue weighted by atomic mass is 10.2. The Morgan fingerprint density at radius 1 is 1.19 bits per heavy atom. The highest BCUT2D eigenvalue weighted by atomic mass is 32.2. The van der Waals surface area contributed by atoms with Gasteiger partial charge in [-0.1, -0.05) is 30.3 Å². The van der Waals surface area contributed by atoms with Crippen molar-refractivity contribution in [1.82, 2.24) is 10.7 Å². The highest BCUT2D eigenvalue weighted by Crippen LogP contribution is 2.23. The van der Waals surface area contributed by atoms with Crippen LogP contribution in [0.4, 0.5) is 0 Å². The van der Waals surface area contributed by atoms with Crippen LogP contribution in [0.5, 0.6) is 0 Å². The summed E-state index contributed by atoms with van der Waals surface area (Å²) < 4.78 is 5.65. The van der Waals surface area contributed by atoms with Crippen molar-refractivity contribution < 1.29 is 14.3 Å². The number of hydrazine groups is 1. The molecule has 0 aliphatic carbocycles. The number of benzene rings is 1. The zero-order valence-electron chi connectivity index (χ0n) is 15.3. The molecule has 27 heavy (non-hydrogen) atoms. The van der Waals surface area contributed by atoms with E-state index in [1.807, 2.05) is 30.3 Å². The number of rotatable bonds is 10. The number of carbonyl (C=O) groups excluding carboxylic acids is 2. The van der Waals surface area contributed by atoms with Crippen LogP contribution in [0.3, 0.4) is 0 Å². The number of ether oxygens (including phenoxy) is 1. The van der Waals surface area contributed by atoms with E-state index >= 15 is 0 Å². The SMILES string of the molecule is NNC(=O)[C@H](CSC1CCCCO1)NC(=O)[C@@H](N)CSCc1ccccc1. The Balaban J connectivity index is 1.76. The maximum absolute atomic E-state index is 12.4. The molecular formula is C18H28N4O3S2. The number of amides is 2. The van der Waals surface area contributed by atoms with E-state index < -0.39 is 18.0 Å². The molecule has 1 aromatic carbocycles. The van der Waals surface area contributed by atoms with Gasteiger partial charge in [0.2, 0.25) is 5.91 Å².